The highest BCUT2D eigenvalue weighted by Crippen LogP contribution is 2.23. The maximum atomic E-state index is 9.01. The van der Waals surface area contributed by atoms with Gasteiger partial charge in [0.25, 0.3) is 0 Å². The van der Waals surface area contributed by atoms with Crippen LogP contribution >= 0.6 is 0 Å². The summed E-state index contributed by atoms with van der Waals surface area (Å²) in [5, 5.41) is 12.3. The van der Waals surface area contributed by atoms with Crippen LogP contribution in [0.1, 0.15) is 34.7 Å². The van der Waals surface area contributed by atoms with Gasteiger partial charge in [-0.1, -0.05) is 35.0 Å². The highest BCUT2D eigenvalue weighted by atomic mass is 16.5. The van der Waals surface area contributed by atoms with Gasteiger partial charge in [-0.25, -0.2) is 0 Å². The zero-order valence-corrected chi connectivity index (χ0v) is 13.0. The Morgan fingerprint density at radius 2 is 1.76 bits per heavy atom. The zero-order valence-electron chi connectivity index (χ0n) is 13.0. The summed E-state index contributed by atoms with van der Waals surface area (Å²) in [5.41, 5.74) is 6.11. The van der Waals surface area contributed by atoms with Crippen molar-refractivity contribution < 1.29 is 9.94 Å². The second-order valence-electron chi connectivity index (χ2n) is 5.34. The summed E-state index contributed by atoms with van der Waals surface area (Å²) in [7, 11) is 0. The molecule has 0 amide bonds. The van der Waals surface area contributed by atoms with E-state index in [0.29, 0.717) is 12.3 Å². The zero-order chi connectivity index (χ0) is 15.4. The van der Waals surface area contributed by atoms with Crippen LogP contribution in [-0.4, -0.2) is 10.9 Å². The summed E-state index contributed by atoms with van der Waals surface area (Å²) in [6.45, 7) is 8.45. The molecule has 3 heteroatoms. The molecule has 0 radical (unpaired) electrons. The third-order valence-corrected chi connectivity index (χ3v) is 3.69. The normalized spacial score (nSPS) is 11.5. The molecule has 0 spiro atoms. The molecule has 110 valence electrons. The summed E-state index contributed by atoms with van der Waals surface area (Å²) >= 11 is 0. The van der Waals surface area contributed by atoms with Crippen LogP contribution in [0.3, 0.4) is 0 Å². The summed E-state index contributed by atoms with van der Waals surface area (Å²) in [6.07, 6.45) is 0. The lowest BCUT2D eigenvalue weighted by atomic mass is 10.0. The Morgan fingerprint density at radius 1 is 1.10 bits per heavy atom. The minimum atomic E-state index is 0.507. The molecular formula is C18H21NO2. The molecule has 0 unspecified atom stereocenters. The fourth-order valence-corrected chi connectivity index (χ4v) is 2.33. The van der Waals surface area contributed by atoms with Crippen LogP contribution in [-0.2, 0) is 6.61 Å². The Kier molecular flexibility index (Phi) is 4.63. The predicted octanol–water partition coefficient (Wildman–Crippen LogP) is 4.39. The molecule has 0 aliphatic carbocycles. The predicted molar refractivity (Wildman–Crippen MR) is 85.4 cm³/mol. The van der Waals surface area contributed by atoms with Crippen molar-refractivity contribution in [1.82, 2.24) is 0 Å². The molecule has 2 aromatic carbocycles. The van der Waals surface area contributed by atoms with Crippen molar-refractivity contribution in [2.75, 3.05) is 0 Å². The van der Waals surface area contributed by atoms with Crippen molar-refractivity contribution in [3.63, 3.8) is 0 Å². The van der Waals surface area contributed by atoms with E-state index in [1.807, 2.05) is 31.2 Å². The van der Waals surface area contributed by atoms with Crippen LogP contribution < -0.4 is 4.74 Å². The molecule has 3 nitrogen and oxygen atoms in total. The smallest absolute Gasteiger partial charge is 0.128 e. The molecule has 0 aliphatic rings. The molecule has 0 saturated carbocycles. The van der Waals surface area contributed by atoms with Gasteiger partial charge in [-0.2, -0.15) is 0 Å². The van der Waals surface area contributed by atoms with Crippen molar-refractivity contribution >= 4 is 5.71 Å². The van der Waals surface area contributed by atoms with Crippen molar-refractivity contribution in [1.29, 1.82) is 0 Å². The van der Waals surface area contributed by atoms with Gasteiger partial charge in [0.05, 0.1) is 5.71 Å². The Morgan fingerprint density at radius 3 is 2.38 bits per heavy atom. The van der Waals surface area contributed by atoms with Crippen LogP contribution in [0.2, 0.25) is 0 Å². The third kappa shape index (κ3) is 3.43. The second-order valence-corrected chi connectivity index (χ2v) is 5.34. The van der Waals surface area contributed by atoms with E-state index in [4.69, 9.17) is 9.94 Å². The molecule has 21 heavy (non-hydrogen) atoms. The average molecular weight is 283 g/mol. The van der Waals surface area contributed by atoms with E-state index in [1.54, 1.807) is 6.92 Å². The lowest BCUT2D eigenvalue weighted by molar-refractivity contribution is 0.302. The highest BCUT2D eigenvalue weighted by molar-refractivity contribution is 6.00. The SMILES string of the molecule is C/C(=N/O)c1cc(C)ccc1OCc1c(C)cccc1C. The van der Waals surface area contributed by atoms with Crippen molar-refractivity contribution in [3.8, 4) is 5.75 Å². The number of rotatable bonds is 4. The van der Waals surface area contributed by atoms with E-state index < -0.39 is 0 Å². The number of ether oxygens (including phenoxy) is 1. The summed E-state index contributed by atoms with van der Waals surface area (Å²) in [4.78, 5) is 0. The first-order valence-electron chi connectivity index (χ1n) is 7.00. The molecule has 0 aromatic heterocycles. The van der Waals surface area contributed by atoms with Crippen LogP contribution in [0, 0.1) is 20.8 Å². The number of hydrogen-bond acceptors (Lipinski definition) is 3. The largest absolute Gasteiger partial charge is 0.488 e. The van der Waals surface area contributed by atoms with Crippen molar-refractivity contribution in [2.24, 2.45) is 5.16 Å². The quantitative estimate of drug-likeness (QED) is 0.513. The molecule has 0 atom stereocenters. The first-order chi connectivity index (χ1) is 10.0. The first kappa shape index (κ1) is 15.1. The fraction of sp³-hybridized carbons (Fsp3) is 0.278. The van der Waals surface area contributed by atoms with Gasteiger partial charge in [-0.3, -0.25) is 0 Å². The van der Waals surface area contributed by atoms with Crippen LogP contribution in [0.4, 0.5) is 0 Å². The lowest BCUT2D eigenvalue weighted by Crippen LogP contribution is -2.05. The lowest BCUT2D eigenvalue weighted by Gasteiger charge is -2.14. The number of nitrogens with zero attached hydrogens (tertiary/aromatic N) is 1. The molecule has 2 rings (SSSR count). The van der Waals surface area contributed by atoms with Gasteiger partial charge in [-0.05, 0) is 56.5 Å². The van der Waals surface area contributed by atoms with Crippen LogP contribution in [0.25, 0.3) is 0 Å². The molecular weight excluding hydrogens is 262 g/mol. The van der Waals surface area contributed by atoms with Crippen molar-refractivity contribution in [2.45, 2.75) is 34.3 Å². The van der Waals surface area contributed by atoms with E-state index in [1.165, 1.54) is 16.7 Å². The van der Waals surface area contributed by atoms with Gasteiger partial charge in [0.15, 0.2) is 0 Å². The monoisotopic (exact) mass is 283 g/mol. The maximum absolute atomic E-state index is 9.01. The molecule has 0 saturated heterocycles. The Hall–Kier alpha value is -2.29. The molecule has 0 fully saturated rings. The average Bonchev–Trinajstić information content (AvgIpc) is 2.47. The molecule has 1 N–H and O–H groups in total. The minimum Gasteiger partial charge on any atom is -0.488 e. The van der Waals surface area contributed by atoms with Gasteiger partial charge >= 0.3 is 0 Å². The van der Waals surface area contributed by atoms with E-state index >= 15 is 0 Å². The second kappa shape index (κ2) is 6.44. The van der Waals surface area contributed by atoms with E-state index in [2.05, 4.69) is 31.1 Å². The minimum absolute atomic E-state index is 0.507. The van der Waals surface area contributed by atoms with Gasteiger partial charge in [0.2, 0.25) is 0 Å². The van der Waals surface area contributed by atoms with Gasteiger partial charge in [-0.15, -0.1) is 0 Å². The Labute approximate surface area is 125 Å². The van der Waals surface area contributed by atoms with Gasteiger partial charge in [0, 0.05) is 5.56 Å². The van der Waals surface area contributed by atoms with Crippen molar-refractivity contribution in [3.05, 3.63) is 64.2 Å². The fourth-order valence-electron chi connectivity index (χ4n) is 2.33. The van der Waals surface area contributed by atoms with E-state index in [-0.39, 0.29) is 0 Å². The summed E-state index contributed by atoms with van der Waals surface area (Å²) < 4.78 is 5.97. The number of hydrogen-bond donors (Lipinski definition) is 1. The standard InChI is InChI=1S/C18H21NO2/c1-12-8-9-18(16(10-12)15(4)19-20)21-11-17-13(2)6-5-7-14(17)3/h5-10,20H,11H2,1-4H3/b19-15-. The maximum Gasteiger partial charge on any atom is 0.128 e. The van der Waals surface area contributed by atoms with Crippen LogP contribution in [0.5, 0.6) is 5.75 Å². The van der Waals surface area contributed by atoms with E-state index in [9.17, 15) is 0 Å². The van der Waals surface area contributed by atoms with Crippen LogP contribution in [0.15, 0.2) is 41.6 Å². The first-order valence-corrected chi connectivity index (χ1v) is 7.00. The topological polar surface area (TPSA) is 41.8 Å². The number of benzene rings is 2. The molecule has 2 aromatic rings. The number of aryl methyl sites for hydroxylation is 3. The van der Waals surface area contributed by atoms with Gasteiger partial charge in [0.1, 0.15) is 12.4 Å². The van der Waals surface area contributed by atoms with Gasteiger partial charge < -0.3 is 9.94 Å². The Bertz CT molecular complexity index is 655. The Balaban J connectivity index is 2.28. The summed E-state index contributed by atoms with van der Waals surface area (Å²) in [5.74, 6) is 0.735. The number of oxime groups is 1. The van der Waals surface area contributed by atoms with E-state index in [0.717, 1.165) is 16.9 Å². The summed E-state index contributed by atoms with van der Waals surface area (Å²) in [6, 6.07) is 12.1. The molecule has 0 bridgehead atoms. The molecule has 0 heterocycles. The highest BCUT2D eigenvalue weighted by Gasteiger charge is 2.10. The third-order valence-electron chi connectivity index (χ3n) is 3.69. The molecule has 0 aliphatic heterocycles.